The van der Waals surface area contributed by atoms with Crippen molar-refractivity contribution in [2.24, 2.45) is 0 Å². The highest BCUT2D eigenvalue weighted by atomic mass is 32.2. The highest BCUT2D eigenvalue weighted by Crippen LogP contribution is 2.16. The van der Waals surface area contributed by atoms with Gasteiger partial charge in [0.15, 0.2) is 0 Å². The molecular formula is C16H22N4O3S2. The molecule has 2 N–H and O–H groups in total. The van der Waals surface area contributed by atoms with E-state index in [0.717, 1.165) is 18.4 Å². The first-order valence-corrected chi connectivity index (χ1v) is 10.4. The van der Waals surface area contributed by atoms with Gasteiger partial charge in [0, 0.05) is 19.4 Å². The molecule has 0 saturated carbocycles. The average molecular weight is 383 g/mol. The number of sulfonamides is 1. The van der Waals surface area contributed by atoms with Crippen molar-refractivity contribution in [3.05, 3.63) is 34.8 Å². The summed E-state index contributed by atoms with van der Waals surface area (Å²) in [5.74, 6) is -0.0791. The molecule has 0 unspecified atom stereocenters. The van der Waals surface area contributed by atoms with E-state index in [1.807, 2.05) is 13.8 Å². The van der Waals surface area contributed by atoms with Crippen LogP contribution in [0.15, 0.2) is 29.2 Å². The zero-order valence-electron chi connectivity index (χ0n) is 14.3. The number of unbranched alkanes of at least 4 members (excludes halogenated alkanes) is 1. The Labute approximate surface area is 151 Å². The van der Waals surface area contributed by atoms with E-state index < -0.39 is 10.0 Å². The summed E-state index contributed by atoms with van der Waals surface area (Å²) in [4.78, 5) is 11.9. The van der Waals surface area contributed by atoms with E-state index in [1.165, 1.54) is 11.3 Å². The van der Waals surface area contributed by atoms with Crippen molar-refractivity contribution >= 4 is 32.4 Å². The zero-order valence-corrected chi connectivity index (χ0v) is 15.9. The average Bonchev–Trinajstić information content (AvgIpc) is 3.00. The van der Waals surface area contributed by atoms with Gasteiger partial charge in [0.05, 0.1) is 4.90 Å². The van der Waals surface area contributed by atoms with E-state index in [0.29, 0.717) is 23.0 Å². The van der Waals surface area contributed by atoms with E-state index in [4.69, 9.17) is 0 Å². The van der Waals surface area contributed by atoms with Crippen molar-refractivity contribution in [2.75, 3.05) is 11.9 Å². The van der Waals surface area contributed by atoms with Crippen molar-refractivity contribution in [2.45, 2.75) is 44.4 Å². The van der Waals surface area contributed by atoms with Crippen molar-refractivity contribution in [3.8, 4) is 0 Å². The van der Waals surface area contributed by atoms with E-state index in [2.05, 4.69) is 20.2 Å². The fourth-order valence-electron chi connectivity index (χ4n) is 2.02. The molecule has 1 heterocycles. The number of benzene rings is 1. The van der Waals surface area contributed by atoms with Crippen LogP contribution in [0.25, 0.3) is 0 Å². The van der Waals surface area contributed by atoms with Crippen molar-refractivity contribution in [1.29, 1.82) is 0 Å². The fourth-order valence-corrected chi connectivity index (χ4v) is 3.80. The Morgan fingerprint density at radius 1 is 1.20 bits per heavy atom. The van der Waals surface area contributed by atoms with Gasteiger partial charge in [-0.25, -0.2) is 13.1 Å². The minimum atomic E-state index is -3.53. The second kappa shape index (κ2) is 9.02. The molecular weight excluding hydrogens is 360 g/mol. The van der Waals surface area contributed by atoms with Crippen LogP contribution < -0.4 is 10.0 Å². The lowest BCUT2D eigenvalue weighted by molar-refractivity contribution is -0.116. The number of carbonyl (C=O) groups is 1. The topological polar surface area (TPSA) is 101 Å². The molecule has 0 aliphatic carbocycles. The second-order valence-corrected chi connectivity index (χ2v) is 8.44. The van der Waals surface area contributed by atoms with Gasteiger partial charge in [0.25, 0.3) is 0 Å². The number of hydrogen-bond acceptors (Lipinski definition) is 6. The number of rotatable bonds is 9. The summed E-state index contributed by atoms with van der Waals surface area (Å²) in [5, 5.41) is 11.7. The van der Waals surface area contributed by atoms with E-state index in [9.17, 15) is 13.2 Å². The Balaban J connectivity index is 1.83. The van der Waals surface area contributed by atoms with Gasteiger partial charge in [-0.05, 0) is 25.5 Å². The predicted molar refractivity (Wildman–Crippen MR) is 98.1 cm³/mol. The summed E-state index contributed by atoms with van der Waals surface area (Å²) in [5.41, 5.74) is 1.00. The van der Waals surface area contributed by atoms with Crippen LogP contribution in [0.1, 0.15) is 36.8 Å². The summed E-state index contributed by atoms with van der Waals surface area (Å²) >= 11 is 1.25. The molecule has 0 fully saturated rings. The highest BCUT2D eigenvalue weighted by molar-refractivity contribution is 7.89. The van der Waals surface area contributed by atoms with Gasteiger partial charge in [-0.15, -0.1) is 10.2 Å². The molecule has 7 nitrogen and oxygen atoms in total. The monoisotopic (exact) mass is 382 g/mol. The number of nitrogens with zero attached hydrogens (tertiary/aromatic N) is 2. The molecule has 25 heavy (non-hydrogen) atoms. The molecule has 9 heteroatoms. The Kier molecular flexibility index (Phi) is 7.03. The third kappa shape index (κ3) is 6.18. The van der Waals surface area contributed by atoms with E-state index >= 15 is 0 Å². The number of carbonyl (C=O) groups excluding carboxylic acids is 1. The van der Waals surface area contributed by atoms with Crippen molar-refractivity contribution in [3.63, 3.8) is 0 Å². The van der Waals surface area contributed by atoms with Gasteiger partial charge in [0.1, 0.15) is 5.01 Å². The van der Waals surface area contributed by atoms with Gasteiger partial charge in [-0.2, -0.15) is 0 Å². The maximum atomic E-state index is 12.2. The molecule has 136 valence electrons. The number of amides is 1. The maximum absolute atomic E-state index is 12.2. The predicted octanol–water partition coefficient (Wildman–Crippen LogP) is 2.50. The number of aromatic nitrogens is 2. The number of anilines is 1. The smallest absolute Gasteiger partial charge is 0.240 e. The Morgan fingerprint density at radius 2 is 1.92 bits per heavy atom. The van der Waals surface area contributed by atoms with Crippen LogP contribution in [0.3, 0.4) is 0 Å². The van der Waals surface area contributed by atoms with Gasteiger partial charge in [-0.3, -0.25) is 4.79 Å². The van der Waals surface area contributed by atoms with Crippen LogP contribution in [0, 0.1) is 6.92 Å². The SMILES string of the molecule is CCCCC(=O)Nc1nnc(CCNS(=O)(=O)c2ccc(C)cc2)s1. The number of hydrogen-bond donors (Lipinski definition) is 2. The Hall–Kier alpha value is -1.84. The molecule has 0 bridgehead atoms. The van der Waals surface area contributed by atoms with Crippen LogP contribution in [-0.4, -0.2) is 31.1 Å². The summed E-state index contributed by atoms with van der Waals surface area (Å²) in [6, 6.07) is 6.67. The van der Waals surface area contributed by atoms with E-state index in [1.54, 1.807) is 24.3 Å². The highest BCUT2D eigenvalue weighted by Gasteiger charge is 2.14. The Bertz CT molecular complexity index is 801. The van der Waals surface area contributed by atoms with Crippen LogP contribution in [0.2, 0.25) is 0 Å². The first-order chi connectivity index (χ1) is 11.9. The molecule has 0 saturated heterocycles. The molecule has 1 aromatic carbocycles. The zero-order chi connectivity index (χ0) is 18.3. The first-order valence-electron chi connectivity index (χ1n) is 8.09. The lowest BCUT2D eigenvalue weighted by atomic mass is 10.2. The molecule has 0 radical (unpaired) electrons. The number of aryl methyl sites for hydroxylation is 1. The summed E-state index contributed by atoms with van der Waals surface area (Å²) in [6.45, 7) is 4.14. The van der Waals surface area contributed by atoms with Gasteiger partial charge in [0.2, 0.25) is 21.1 Å². The van der Waals surface area contributed by atoms with Crippen molar-refractivity contribution < 1.29 is 13.2 Å². The molecule has 2 aromatic rings. The van der Waals surface area contributed by atoms with Crippen LogP contribution >= 0.6 is 11.3 Å². The van der Waals surface area contributed by atoms with Gasteiger partial charge < -0.3 is 5.32 Å². The first kappa shape index (κ1) is 19.5. The second-order valence-electron chi connectivity index (χ2n) is 5.61. The molecule has 0 aliphatic heterocycles. The normalized spacial score (nSPS) is 11.4. The van der Waals surface area contributed by atoms with Crippen LogP contribution in [0.4, 0.5) is 5.13 Å². The molecule has 0 spiro atoms. The molecule has 2 rings (SSSR count). The van der Waals surface area contributed by atoms with Gasteiger partial charge in [-0.1, -0.05) is 42.4 Å². The minimum absolute atomic E-state index is 0.0791. The Morgan fingerprint density at radius 3 is 2.60 bits per heavy atom. The van der Waals surface area contributed by atoms with Crippen molar-refractivity contribution in [1.82, 2.24) is 14.9 Å². The lowest BCUT2D eigenvalue weighted by Crippen LogP contribution is -2.25. The maximum Gasteiger partial charge on any atom is 0.240 e. The summed E-state index contributed by atoms with van der Waals surface area (Å²) < 4.78 is 26.9. The number of nitrogens with one attached hydrogen (secondary N) is 2. The van der Waals surface area contributed by atoms with E-state index in [-0.39, 0.29) is 17.3 Å². The molecule has 0 aliphatic rings. The van der Waals surface area contributed by atoms with Crippen LogP contribution in [-0.2, 0) is 21.2 Å². The standard InChI is InChI=1S/C16H22N4O3S2/c1-3-4-5-14(21)18-16-20-19-15(24-16)10-11-17-25(22,23)13-8-6-12(2)7-9-13/h6-9,17H,3-5,10-11H2,1-2H3,(H,18,20,21). The fraction of sp³-hybridized carbons (Fsp3) is 0.438. The lowest BCUT2D eigenvalue weighted by Gasteiger charge is -2.05. The third-order valence-corrected chi connectivity index (χ3v) is 5.81. The van der Waals surface area contributed by atoms with Crippen LogP contribution in [0.5, 0.6) is 0 Å². The summed E-state index contributed by atoms with van der Waals surface area (Å²) in [6.07, 6.45) is 2.66. The quantitative estimate of drug-likeness (QED) is 0.694. The molecule has 1 aromatic heterocycles. The summed E-state index contributed by atoms with van der Waals surface area (Å²) in [7, 11) is -3.53. The minimum Gasteiger partial charge on any atom is -0.301 e. The van der Waals surface area contributed by atoms with Gasteiger partial charge >= 0.3 is 0 Å². The third-order valence-electron chi connectivity index (χ3n) is 3.43. The molecule has 1 amide bonds. The largest absolute Gasteiger partial charge is 0.301 e. The molecule has 0 atom stereocenters.